The first-order valence-electron chi connectivity index (χ1n) is 8.10. The van der Waals surface area contributed by atoms with E-state index < -0.39 is 11.7 Å². The van der Waals surface area contributed by atoms with E-state index in [-0.39, 0.29) is 17.9 Å². The number of morpholine rings is 1. The Morgan fingerprint density at radius 1 is 1.08 bits per heavy atom. The normalized spacial score (nSPS) is 23.3. The average Bonchev–Trinajstić information content (AvgIpc) is 2.61. The molecule has 0 aromatic heterocycles. The maximum absolute atomic E-state index is 12.6. The molecule has 1 aromatic rings. The average molecular weight is 343 g/mol. The summed E-state index contributed by atoms with van der Waals surface area (Å²) in [4.78, 5) is 14.3. The molecule has 24 heavy (non-hydrogen) atoms. The Bertz CT molecular complexity index is 567. The summed E-state index contributed by atoms with van der Waals surface area (Å²) in [5, 5.41) is 0. The fourth-order valence-electron chi connectivity index (χ4n) is 3.14. The number of hydrogen-bond acceptors (Lipinski definition) is 3. The van der Waals surface area contributed by atoms with Gasteiger partial charge in [0, 0.05) is 25.7 Å². The second kappa shape index (κ2) is 7.11. The highest BCUT2D eigenvalue weighted by Crippen LogP contribution is 2.31. The van der Waals surface area contributed by atoms with E-state index in [1.165, 1.54) is 12.1 Å². The number of amides is 1. The molecule has 132 valence electrons. The summed E-state index contributed by atoms with van der Waals surface area (Å²) in [7, 11) is 0. The molecule has 0 saturated carbocycles. The number of alkyl halides is 3. The molecule has 0 radical (unpaired) electrons. The number of benzene rings is 1. The minimum Gasteiger partial charge on any atom is -0.381 e. The van der Waals surface area contributed by atoms with Crippen LogP contribution in [-0.2, 0) is 20.4 Å². The summed E-state index contributed by atoms with van der Waals surface area (Å²) in [6, 6.07) is 4.96. The molecule has 2 saturated heterocycles. The Balaban J connectivity index is 1.65. The van der Waals surface area contributed by atoms with E-state index in [2.05, 4.69) is 0 Å². The van der Waals surface area contributed by atoms with Crippen molar-refractivity contribution < 1.29 is 27.4 Å². The Labute approximate surface area is 138 Å². The van der Waals surface area contributed by atoms with Crippen LogP contribution in [-0.4, -0.2) is 43.7 Å². The maximum atomic E-state index is 12.6. The number of rotatable bonds is 2. The van der Waals surface area contributed by atoms with Crippen LogP contribution in [0.4, 0.5) is 13.2 Å². The molecule has 1 aromatic carbocycles. The van der Waals surface area contributed by atoms with Crippen LogP contribution in [0.25, 0.3) is 0 Å². The van der Waals surface area contributed by atoms with Crippen LogP contribution in [0, 0.1) is 5.92 Å². The molecule has 0 aliphatic carbocycles. The van der Waals surface area contributed by atoms with Crippen molar-refractivity contribution in [1.29, 1.82) is 0 Å². The summed E-state index contributed by atoms with van der Waals surface area (Å²) >= 11 is 0. The van der Waals surface area contributed by atoms with Gasteiger partial charge in [0.15, 0.2) is 0 Å². The van der Waals surface area contributed by atoms with Gasteiger partial charge in [0.25, 0.3) is 0 Å². The zero-order valence-corrected chi connectivity index (χ0v) is 13.2. The SMILES string of the molecule is O=C(C1CCOCC1)N1CCOC(c2ccc(C(F)(F)F)cc2)C1. The number of carbonyl (C=O) groups excluding carboxylic acids is 1. The highest BCUT2D eigenvalue weighted by atomic mass is 19.4. The molecule has 2 aliphatic rings. The second-order valence-electron chi connectivity index (χ2n) is 6.15. The summed E-state index contributed by atoms with van der Waals surface area (Å²) in [6.45, 7) is 2.49. The van der Waals surface area contributed by atoms with Crippen molar-refractivity contribution in [2.45, 2.75) is 25.1 Å². The number of ether oxygens (including phenoxy) is 2. The number of halogens is 3. The molecule has 0 N–H and O–H groups in total. The Morgan fingerprint density at radius 2 is 1.75 bits per heavy atom. The van der Waals surface area contributed by atoms with Crippen molar-refractivity contribution >= 4 is 5.91 Å². The Morgan fingerprint density at radius 3 is 2.38 bits per heavy atom. The van der Waals surface area contributed by atoms with Gasteiger partial charge in [0.05, 0.1) is 18.7 Å². The third-order valence-corrected chi connectivity index (χ3v) is 4.56. The van der Waals surface area contributed by atoms with Gasteiger partial charge in [0.2, 0.25) is 5.91 Å². The molecule has 1 atom stereocenters. The molecule has 0 spiro atoms. The molecule has 2 fully saturated rings. The fourth-order valence-corrected chi connectivity index (χ4v) is 3.14. The largest absolute Gasteiger partial charge is 0.416 e. The van der Waals surface area contributed by atoms with E-state index in [1.807, 2.05) is 0 Å². The van der Waals surface area contributed by atoms with E-state index in [0.717, 1.165) is 25.0 Å². The van der Waals surface area contributed by atoms with E-state index in [4.69, 9.17) is 9.47 Å². The van der Waals surface area contributed by atoms with Crippen molar-refractivity contribution in [1.82, 2.24) is 4.90 Å². The predicted molar refractivity (Wildman–Crippen MR) is 80.3 cm³/mol. The molecule has 2 heterocycles. The van der Waals surface area contributed by atoms with Crippen LogP contribution in [0.5, 0.6) is 0 Å². The number of carbonyl (C=O) groups is 1. The molecule has 1 unspecified atom stereocenters. The zero-order valence-electron chi connectivity index (χ0n) is 13.2. The molecule has 4 nitrogen and oxygen atoms in total. The van der Waals surface area contributed by atoms with Crippen molar-refractivity contribution in [3.63, 3.8) is 0 Å². The topological polar surface area (TPSA) is 38.8 Å². The highest BCUT2D eigenvalue weighted by molar-refractivity contribution is 5.79. The minimum absolute atomic E-state index is 0.0231. The molecular weight excluding hydrogens is 323 g/mol. The van der Waals surface area contributed by atoms with Crippen molar-refractivity contribution in [3.8, 4) is 0 Å². The predicted octanol–water partition coefficient (Wildman–Crippen LogP) is 3.03. The third-order valence-electron chi connectivity index (χ3n) is 4.56. The van der Waals surface area contributed by atoms with Gasteiger partial charge >= 0.3 is 6.18 Å². The first-order valence-corrected chi connectivity index (χ1v) is 8.10. The fraction of sp³-hybridized carbons (Fsp3) is 0.588. The summed E-state index contributed by atoms with van der Waals surface area (Å²) in [6.07, 6.45) is -3.29. The maximum Gasteiger partial charge on any atom is 0.416 e. The quantitative estimate of drug-likeness (QED) is 0.829. The number of hydrogen-bond donors (Lipinski definition) is 0. The third kappa shape index (κ3) is 3.89. The van der Waals surface area contributed by atoms with Gasteiger partial charge in [-0.2, -0.15) is 13.2 Å². The lowest BCUT2D eigenvalue weighted by Gasteiger charge is -2.36. The van der Waals surface area contributed by atoms with Crippen LogP contribution in [0.15, 0.2) is 24.3 Å². The van der Waals surface area contributed by atoms with Gasteiger partial charge in [-0.3, -0.25) is 4.79 Å². The lowest BCUT2D eigenvalue weighted by atomic mass is 9.97. The first-order chi connectivity index (χ1) is 11.4. The van der Waals surface area contributed by atoms with Crippen LogP contribution in [0.1, 0.15) is 30.1 Å². The molecule has 2 aliphatic heterocycles. The van der Waals surface area contributed by atoms with Crippen molar-refractivity contribution in [3.05, 3.63) is 35.4 Å². The van der Waals surface area contributed by atoms with Gasteiger partial charge in [-0.15, -0.1) is 0 Å². The number of nitrogens with zero attached hydrogens (tertiary/aromatic N) is 1. The summed E-state index contributed by atoms with van der Waals surface area (Å²) < 4.78 is 48.9. The van der Waals surface area contributed by atoms with Gasteiger partial charge in [-0.05, 0) is 30.5 Å². The van der Waals surface area contributed by atoms with E-state index in [1.54, 1.807) is 4.90 Å². The molecular formula is C17H20F3NO3. The lowest BCUT2D eigenvalue weighted by Crippen LogP contribution is -2.46. The molecule has 1 amide bonds. The summed E-state index contributed by atoms with van der Waals surface area (Å²) in [5.74, 6) is 0.0728. The van der Waals surface area contributed by atoms with Gasteiger partial charge < -0.3 is 14.4 Å². The van der Waals surface area contributed by atoms with Gasteiger partial charge in [0.1, 0.15) is 6.10 Å². The van der Waals surface area contributed by atoms with Crippen LogP contribution >= 0.6 is 0 Å². The van der Waals surface area contributed by atoms with E-state index in [9.17, 15) is 18.0 Å². The van der Waals surface area contributed by atoms with Gasteiger partial charge in [-0.1, -0.05) is 12.1 Å². The summed E-state index contributed by atoms with van der Waals surface area (Å²) in [5.41, 5.74) is -0.0234. The van der Waals surface area contributed by atoms with Crippen molar-refractivity contribution in [2.75, 3.05) is 32.9 Å². The van der Waals surface area contributed by atoms with Crippen LogP contribution < -0.4 is 0 Å². The smallest absolute Gasteiger partial charge is 0.381 e. The minimum atomic E-state index is -4.35. The van der Waals surface area contributed by atoms with E-state index >= 15 is 0 Å². The van der Waals surface area contributed by atoms with E-state index in [0.29, 0.717) is 38.5 Å². The first kappa shape index (κ1) is 17.2. The van der Waals surface area contributed by atoms with Crippen molar-refractivity contribution in [2.24, 2.45) is 5.92 Å². The lowest BCUT2D eigenvalue weighted by molar-refractivity contribution is -0.146. The van der Waals surface area contributed by atoms with Gasteiger partial charge in [-0.25, -0.2) is 0 Å². The Hall–Kier alpha value is -1.60. The van der Waals surface area contributed by atoms with Crippen LogP contribution in [0.2, 0.25) is 0 Å². The highest BCUT2D eigenvalue weighted by Gasteiger charge is 2.33. The molecule has 7 heteroatoms. The monoisotopic (exact) mass is 343 g/mol. The second-order valence-corrected chi connectivity index (χ2v) is 6.15. The zero-order chi connectivity index (χ0) is 17.2. The standard InChI is InChI=1S/C17H20F3NO3/c18-17(19,20)14-3-1-12(2-4-14)15-11-21(7-10-24-15)16(22)13-5-8-23-9-6-13/h1-4,13,15H,5-11H2. The van der Waals surface area contributed by atoms with Crippen LogP contribution in [0.3, 0.4) is 0 Å². The Kier molecular flexibility index (Phi) is 5.10. The molecule has 0 bridgehead atoms. The molecule has 3 rings (SSSR count).